The molecule has 178 valence electrons. The number of hydrogen-bond acceptors (Lipinski definition) is 6. The molecule has 6 rings (SSSR count). The van der Waals surface area contributed by atoms with E-state index in [1.165, 1.54) is 12.1 Å². The number of anilines is 1. The molecule has 2 atom stereocenters. The molecule has 9 heteroatoms. The fraction of sp³-hybridized carbons (Fsp3) is 0.269. The Bertz CT molecular complexity index is 1470. The number of fused-ring (bicyclic) bond motifs is 3. The molecule has 5 aromatic rings. The normalized spacial score (nSPS) is 19.3. The zero-order valence-corrected chi connectivity index (χ0v) is 20.2. The maximum Gasteiger partial charge on any atom is 0.257 e. The van der Waals surface area contributed by atoms with Crippen LogP contribution in [0.5, 0.6) is 0 Å². The molecule has 0 spiro atoms. The van der Waals surface area contributed by atoms with Gasteiger partial charge in [-0.05, 0) is 60.7 Å². The number of halogens is 2. The second kappa shape index (κ2) is 8.66. The fourth-order valence-electron chi connectivity index (χ4n) is 5.21. The van der Waals surface area contributed by atoms with Crippen molar-refractivity contribution in [3.05, 3.63) is 89.1 Å². The first kappa shape index (κ1) is 22.1. The lowest BCUT2D eigenvalue weighted by molar-refractivity contribution is 0.129. The molecule has 0 aliphatic carbocycles. The summed E-state index contributed by atoms with van der Waals surface area (Å²) in [5.41, 5.74) is 2.66. The fourth-order valence-corrected chi connectivity index (χ4v) is 6.10. The summed E-state index contributed by atoms with van der Waals surface area (Å²) in [7, 11) is 0. The highest BCUT2D eigenvalue weighted by Gasteiger charge is 2.36. The van der Waals surface area contributed by atoms with Gasteiger partial charge < -0.3 is 4.90 Å². The van der Waals surface area contributed by atoms with Crippen LogP contribution in [0.25, 0.3) is 16.0 Å². The van der Waals surface area contributed by atoms with Gasteiger partial charge >= 0.3 is 0 Å². The molecule has 6 nitrogen and oxygen atoms in total. The first-order valence-electron chi connectivity index (χ1n) is 11.6. The largest absolute Gasteiger partial charge is 0.350 e. The number of piperazine rings is 1. The molecule has 4 heterocycles. The van der Waals surface area contributed by atoms with Crippen LogP contribution < -0.4 is 4.90 Å². The predicted octanol–water partition coefficient (Wildman–Crippen LogP) is 5.31. The number of aromatic nitrogens is 4. The number of thiophene rings is 1. The van der Waals surface area contributed by atoms with Gasteiger partial charge in [-0.2, -0.15) is 4.98 Å². The highest BCUT2D eigenvalue weighted by molar-refractivity contribution is 7.17. The molecule has 3 aromatic heterocycles. The molecule has 35 heavy (non-hydrogen) atoms. The van der Waals surface area contributed by atoms with Crippen molar-refractivity contribution in [2.45, 2.75) is 32.0 Å². The second-order valence-electron chi connectivity index (χ2n) is 9.13. The first-order chi connectivity index (χ1) is 17.0. The topological polar surface area (TPSA) is 49.6 Å². The smallest absolute Gasteiger partial charge is 0.257 e. The van der Waals surface area contributed by atoms with E-state index in [0.717, 1.165) is 27.2 Å². The van der Waals surface area contributed by atoms with Crippen molar-refractivity contribution in [1.82, 2.24) is 24.5 Å². The van der Waals surface area contributed by atoms with Crippen molar-refractivity contribution in [2.75, 3.05) is 18.0 Å². The third-order valence-corrected chi connectivity index (χ3v) is 7.71. The Morgan fingerprint density at radius 3 is 2.34 bits per heavy atom. The van der Waals surface area contributed by atoms with Crippen LogP contribution in [-0.2, 0) is 0 Å². The molecular formula is C26H24F2N6S. The number of benzene rings is 2. The van der Waals surface area contributed by atoms with Crippen molar-refractivity contribution in [1.29, 1.82) is 0 Å². The zero-order chi connectivity index (χ0) is 24.1. The van der Waals surface area contributed by atoms with E-state index in [1.54, 1.807) is 41.9 Å². The summed E-state index contributed by atoms with van der Waals surface area (Å²) in [5, 5.41) is 10.3. The van der Waals surface area contributed by atoms with Crippen molar-refractivity contribution in [3.8, 4) is 0 Å². The number of nitrogens with zero attached hydrogens (tertiary/aromatic N) is 6. The van der Waals surface area contributed by atoms with Crippen molar-refractivity contribution < 1.29 is 8.78 Å². The summed E-state index contributed by atoms with van der Waals surface area (Å²) < 4.78 is 31.5. The van der Waals surface area contributed by atoms with E-state index in [-0.39, 0.29) is 29.8 Å². The van der Waals surface area contributed by atoms with Gasteiger partial charge in [0.25, 0.3) is 5.78 Å². The van der Waals surface area contributed by atoms with Crippen LogP contribution in [0.4, 0.5) is 14.6 Å². The van der Waals surface area contributed by atoms with Crippen LogP contribution in [0.3, 0.4) is 0 Å². The lowest BCUT2D eigenvalue weighted by Gasteiger charge is -2.48. The van der Waals surface area contributed by atoms with Crippen LogP contribution in [0.2, 0.25) is 0 Å². The maximum atomic E-state index is 14.2. The van der Waals surface area contributed by atoms with E-state index >= 15 is 0 Å². The predicted molar refractivity (Wildman–Crippen MR) is 134 cm³/mol. The van der Waals surface area contributed by atoms with E-state index in [0.29, 0.717) is 18.9 Å². The Morgan fingerprint density at radius 2 is 1.66 bits per heavy atom. The molecule has 1 aliphatic rings. The molecule has 0 amide bonds. The van der Waals surface area contributed by atoms with Crippen LogP contribution >= 0.6 is 11.3 Å². The highest BCUT2D eigenvalue weighted by Crippen LogP contribution is 2.37. The Kier molecular flexibility index (Phi) is 5.46. The second-order valence-corrected chi connectivity index (χ2v) is 10.0. The van der Waals surface area contributed by atoms with E-state index in [9.17, 15) is 8.78 Å². The lowest BCUT2D eigenvalue weighted by atomic mass is 9.93. The van der Waals surface area contributed by atoms with Gasteiger partial charge in [0.15, 0.2) is 5.82 Å². The van der Waals surface area contributed by atoms with Gasteiger partial charge in [-0.25, -0.2) is 8.78 Å². The minimum absolute atomic E-state index is 0.0913. The first-order valence-corrected chi connectivity index (χ1v) is 12.5. The average Bonchev–Trinajstić information content (AvgIpc) is 3.50. The quantitative estimate of drug-likeness (QED) is 0.342. The van der Waals surface area contributed by atoms with Gasteiger partial charge in [-0.3, -0.25) is 9.30 Å². The van der Waals surface area contributed by atoms with Crippen LogP contribution in [0.15, 0.2) is 66.3 Å². The molecule has 2 aromatic carbocycles. The Labute approximate surface area is 205 Å². The van der Waals surface area contributed by atoms with Gasteiger partial charge in [0.05, 0.1) is 16.3 Å². The Balaban J connectivity index is 1.39. The van der Waals surface area contributed by atoms with E-state index < -0.39 is 0 Å². The maximum absolute atomic E-state index is 14.2. The lowest BCUT2D eigenvalue weighted by Crippen LogP contribution is -2.57. The van der Waals surface area contributed by atoms with Gasteiger partial charge in [0.2, 0.25) is 0 Å². The molecule has 0 bridgehead atoms. The Morgan fingerprint density at radius 1 is 0.943 bits per heavy atom. The number of hydrogen-bond donors (Lipinski definition) is 0. The summed E-state index contributed by atoms with van der Waals surface area (Å²) in [6.07, 6.45) is 1.69. The minimum atomic E-state index is -0.297. The Hall–Kier alpha value is -3.43. The summed E-state index contributed by atoms with van der Waals surface area (Å²) in [6.45, 7) is 5.74. The molecule has 0 saturated carbocycles. The van der Waals surface area contributed by atoms with Crippen molar-refractivity contribution >= 4 is 33.1 Å². The standard InChI is InChI=1S/C26H24F2N6S/c1-16-14-33(25-24-22(9-10-35-24)34-15-29-31-26(34)30-25)17(2)13-32(16)23(18-5-3-7-20(27)11-18)19-6-4-8-21(28)12-19/h3-12,15-17,23H,13-14H2,1-2H3/t16-,17+/m1/s1. The molecular weight excluding hydrogens is 466 g/mol. The molecule has 1 fully saturated rings. The molecule has 0 unspecified atom stereocenters. The van der Waals surface area contributed by atoms with Gasteiger partial charge in [0, 0.05) is 25.2 Å². The average molecular weight is 491 g/mol. The van der Waals surface area contributed by atoms with E-state index in [2.05, 4.69) is 45.3 Å². The zero-order valence-electron chi connectivity index (χ0n) is 19.3. The van der Waals surface area contributed by atoms with Gasteiger partial charge in [-0.15, -0.1) is 21.5 Å². The highest BCUT2D eigenvalue weighted by atomic mass is 32.1. The molecule has 1 aliphatic heterocycles. The molecule has 1 saturated heterocycles. The summed E-state index contributed by atoms with van der Waals surface area (Å²) in [6, 6.07) is 15.2. The summed E-state index contributed by atoms with van der Waals surface area (Å²) in [4.78, 5) is 9.52. The van der Waals surface area contributed by atoms with Crippen LogP contribution in [0, 0.1) is 11.6 Å². The summed E-state index contributed by atoms with van der Waals surface area (Å²) >= 11 is 1.66. The van der Waals surface area contributed by atoms with Crippen molar-refractivity contribution in [3.63, 3.8) is 0 Å². The van der Waals surface area contributed by atoms with Gasteiger partial charge in [0.1, 0.15) is 18.0 Å². The third kappa shape index (κ3) is 3.84. The number of rotatable bonds is 4. The third-order valence-electron chi connectivity index (χ3n) is 6.81. The summed E-state index contributed by atoms with van der Waals surface area (Å²) in [5.74, 6) is 0.886. The molecule has 0 radical (unpaired) electrons. The van der Waals surface area contributed by atoms with E-state index in [1.807, 2.05) is 16.5 Å². The molecule has 0 N–H and O–H groups in total. The van der Waals surface area contributed by atoms with E-state index in [4.69, 9.17) is 4.98 Å². The van der Waals surface area contributed by atoms with Gasteiger partial charge in [-0.1, -0.05) is 24.3 Å². The van der Waals surface area contributed by atoms with Crippen LogP contribution in [-0.4, -0.2) is 49.7 Å². The SMILES string of the molecule is C[C@@H]1CN(c2nc3nncn3c3ccsc23)[C@@H](C)CN1C(c1cccc(F)c1)c1cccc(F)c1. The van der Waals surface area contributed by atoms with Crippen LogP contribution in [0.1, 0.15) is 31.0 Å². The van der Waals surface area contributed by atoms with Crippen molar-refractivity contribution in [2.24, 2.45) is 0 Å². The monoisotopic (exact) mass is 490 g/mol. The minimum Gasteiger partial charge on any atom is -0.350 e.